The average molecular weight is 303 g/mol. The molecule has 1 aromatic heterocycles. The van der Waals surface area contributed by atoms with Crippen molar-refractivity contribution in [2.45, 2.75) is 25.2 Å². The van der Waals surface area contributed by atoms with Gasteiger partial charge < -0.3 is 10.0 Å². The second-order valence-electron chi connectivity index (χ2n) is 5.72. The van der Waals surface area contributed by atoms with Crippen molar-refractivity contribution in [3.05, 3.63) is 23.9 Å². The summed E-state index contributed by atoms with van der Waals surface area (Å²) in [6.07, 6.45) is 3.09. The maximum atomic E-state index is 11.8. The van der Waals surface area contributed by atoms with Crippen LogP contribution in [0.2, 0.25) is 0 Å². The third-order valence-corrected chi connectivity index (χ3v) is 4.27. The number of carboxylic acid groups (broad SMARTS) is 1. The first kappa shape index (κ1) is 14.5. The third kappa shape index (κ3) is 2.79. The van der Waals surface area contributed by atoms with Crippen molar-refractivity contribution in [1.29, 1.82) is 0 Å². The van der Waals surface area contributed by atoms with Gasteiger partial charge in [0.15, 0.2) is 0 Å². The second kappa shape index (κ2) is 5.75. The number of carbonyl (C=O) groups is 3. The first-order valence-corrected chi connectivity index (χ1v) is 7.32. The van der Waals surface area contributed by atoms with E-state index in [1.165, 1.54) is 0 Å². The number of pyridine rings is 1. The van der Waals surface area contributed by atoms with Crippen molar-refractivity contribution < 1.29 is 19.5 Å². The van der Waals surface area contributed by atoms with Crippen LogP contribution >= 0.6 is 0 Å². The molecule has 2 fully saturated rings. The Morgan fingerprint density at radius 1 is 1.32 bits per heavy atom. The second-order valence-corrected chi connectivity index (χ2v) is 5.72. The standard InChI is InChI=1S/C15H17N3O4/c19-13-4-2-11(14(20)17-13)9-1-3-12(16-7-9)18-6-5-10(8-18)15(21)22/h1,3,7,10-11H,2,4-6,8H2,(H,21,22)(H,17,19,20)/t10-,11?/m1/s1. The highest BCUT2D eigenvalue weighted by Gasteiger charge is 2.30. The van der Waals surface area contributed by atoms with E-state index in [1.807, 2.05) is 17.0 Å². The van der Waals surface area contributed by atoms with Crippen molar-refractivity contribution in [3.63, 3.8) is 0 Å². The molecule has 1 aromatic rings. The number of carbonyl (C=O) groups excluding carboxylic acids is 2. The van der Waals surface area contributed by atoms with Crippen LogP contribution in [-0.4, -0.2) is 41.0 Å². The van der Waals surface area contributed by atoms with E-state index < -0.39 is 5.97 Å². The lowest BCUT2D eigenvalue weighted by Gasteiger charge is -2.22. The van der Waals surface area contributed by atoms with Gasteiger partial charge in [-0.2, -0.15) is 0 Å². The average Bonchev–Trinajstić information content (AvgIpc) is 2.98. The van der Waals surface area contributed by atoms with E-state index in [2.05, 4.69) is 10.3 Å². The van der Waals surface area contributed by atoms with Gasteiger partial charge in [-0.3, -0.25) is 19.7 Å². The maximum absolute atomic E-state index is 11.8. The minimum Gasteiger partial charge on any atom is -0.481 e. The van der Waals surface area contributed by atoms with E-state index in [0.29, 0.717) is 32.4 Å². The molecule has 7 nitrogen and oxygen atoms in total. The van der Waals surface area contributed by atoms with Crippen molar-refractivity contribution >= 4 is 23.6 Å². The summed E-state index contributed by atoms with van der Waals surface area (Å²) in [5.41, 5.74) is 0.780. The van der Waals surface area contributed by atoms with Gasteiger partial charge in [0.05, 0.1) is 11.8 Å². The summed E-state index contributed by atoms with van der Waals surface area (Å²) in [7, 11) is 0. The molecule has 0 spiro atoms. The normalized spacial score (nSPS) is 25.2. The summed E-state index contributed by atoms with van der Waals surface area (Å²) in [6, 6.07) is 3.64. The Labute approximate surface area is 127 Å². The van der Waals surface area contributed by atoms with E-state index >= 15 is 0 Å². The fraction of sp³-hybridized carbons (Fsp3) is 0.467. The zero-order valence-corrected chi connectivity index (χ0v) is 12.0. The van der Waals surface area contributed by atoms with E-state index in [1.54, 1.807) is 6.20 Å². The molecule has 3 heterocycles. The largest absolute Gasteiger partial charge is 0.481 e. The summed E-state index contributed by atoms with van der Waals surface area (Å²) in [5.74, 6) is -1.26. The summed E-state index contributed by atoms with van der Waals surface area (Å²) >= 11 is 0. The van der Waals surface area contributed by atoms with Gasteiger partial charge in [0.25, 0.3) is 0 Å². The molecule has 2 saturated heterocycles. The Hall–Kier alpha value is -2.44. The topological polar surface area (TPSA) is 99.6 Å². The number of aromatic nitrogens is 1. The van der Waals surface area contributed by atoms with Crippen LogP contribution < -0.4 is 10.2 Å². The number of hydrogen-bond donors (Lipinski definition) is 2. The van der Waals surface area contributed by atoms with Gasteiger partial charge in [-0.1, -0.05) is 6.07 Å². The fourth-order valence-corrected chi connectivity index (χ4v) is 2.97. The summed E-state index contributed by atoms with van der Waals surface area (Å²) < 4.78 is 0. The van der Waals surface area contributed by atoms with E-state index in [4.69, 9.17) is 5.11 Å². The third-order valence-electron chi connectivity index (χ3n) is 4.27. The van der Waals surface area contributed by atoms with Gasteiger partial charge >= 0.3 is 5.97 Å². The van der Waals surface area contributed by atoms with Crippen LogP contribution in [0.3, 0.4) is 0 Å². The Morgan fingerprint density at radius 2 is 2.14 bits per heavy atom. The molecular formula is C15H17N3O4. The Morgan fingerprint density at radius 3 is 2.73 bits per heavy atom. The van der Waals surface area contributed by atoms with Gasteiger partial charge in [0.2, 0.25) is 11.8 Å². The van der Waals surface area contributed by atoms with Gasteiger partial charge in [0.1, 0.15) is 5.82 Å². The predicted octanol–water partition coefficient (Wildman–Crippen LogP) is 0.513. The number of anilines is 1. The molecule has 0 aromatic carbocycles. The van der Waals surface area contributed by atoms with E-state index in [0.717, 1.165) is 11.4 Å². The van der Waals surface area contributed by atoms with Crippen molar-refractivity contribution in [1.82, 2.24) is 10.3 Å². The lowest BCUT2D eigenvalue weighted by molar-refractivity contribution is -0.141. The summed E-state index contributed by atoms with van der Waals surface area (Å²) in [5, 5.41) is 11.4. The molecule has 116 valence electrons. The van der Waals surface area contributed by atoms with Gasteiger partial charge in [-0.25, -0.2) is 4.98 Å². The molecule has 0 aliphatic carbocycles. The zero-order valence-electron chi connectivity index (χ0n) is 12.0. The molecule has 2 amide bonds. The number of carboxylic acids is 1. The quantitative estimate of drug-likeness (QED) is 0.789. The van der Waals surface area contributed by atoms with E-state index in [-0.39, 0.29) is 23.7 Å². The summed E-state index contributed by atoms with van der Waals surface area (Å²) in [6.45, 7) is 1.13. The SMILES string of the molecule is O=C1CCC(c2ccc(N3CC[C@@H](C(=O)O)C3)nc2)C(=O)N1. The van der Waals surface area contributed by atoms with Crippen LogP contribution in [0.4, 0.5) is 5.82 Å². The monoisotopic (exact) mass is 303 g/mol. The fourth-order valence-electron chi connectivity index (χ4n) is 2.97. The molecule has 3 rings (SSSR count). The Kier molecular flexibility index (Phi) is 3.79. The van der Waals surface area contributed by atoms with Gasteiger partial charge in [0, 0.05) is 25.7 Å². The number of nitrogens with one attached hydrogen (secondary N) is 1. The number of amides is 2. The lowest BCUT2D eigenvalue weighted by atomic mass is 9.92. The van der Waals surface area contributed by atoms with Crippen LogP contribution in [0.1, 0.15) is 30.7 Å². The predicted molar refractivity (Wildman–Crippen MR) is 77.3 cm³/mol. The molecule has 2 aliphatic rings. The molecule has 0 radical (unpaired) electrons. The highest BCUT2D eigenvalue weighted by molar-refractivity contribution is 6.00. The number of nitrogens with zero attached hydrogens (tertiary/aromatic N) is 2. The molecule has 2 atom stereocenters. The van der Waals surface area contributed by atoms with Crippen LogP contribution in [0.25, 0.3) is 0 Å². The van der Waals surface area contributed by atoms with Crippen molar-refractivity contribution in [3.8, 4) is 0 Å². The molecular weight excluding hydrogens is 286 g/mol. The molecule has 0 saturated carbocycles. The van der Waals surface area contributed by atoms with Crippen LogP contribution in [-0.2, 0) is 14.4 Å². The number of imide groups is 1. The van der Waals surface area contributed by atoms with Crippen LogP contribution in [0.15, 0.2) is 18.3 Å². The number of aliphatic carboxylic acids is 1. The Bertz CT molecular complexity index is 614. The highest BCUT2D eigenvalue weighted by atomic mass is 16.4. The zero-order chi connectivity index (χ0) is 15.7. The summed E-state index contributed by atoms with van der Waals surface area (Å²) in [4.78, 5) is 40.3. The molecule has 22 heavy (non-hydrogen) atoms. The first-order valence-electron chi connectivity index (χ1n) is 7.32. The van der Waals surface area contributed by atoms with Crippen LogP contribution in [0.5, 0.6) is 0 Å². The molecule has 0 bridgehead atoms. The van der Waals surface area contributed by atoms with Crippen molar-refractivity contribution in [2.75, 3.05) is 18.0 Å². The number of rotatable bonds is 3. The molecule has 1 unspecified atom stereocenters. The highest BCUT2D eigenvalue weighted by Crippen LogP contribution is 2.27. The smallest absolute Gasteiger partial charge is 0.308 e. The van der Waals surface area contributed by atoms with E-state index in [9.17, 15) is 14.4 Å². The number of piperidine rings is 1. The molecule has 2 N–H and O–H groups in total. The maximum Gasteiger partial charge on any atom is 0.308 e. The first-order chi connectivity index (χ1) is 10.5. The van der Waals surface area contributed by atoms with Crippen LogP contribution in [0, 0.1) is 5.92 Å². The molecule has 7 heteroatoms. The van der Waals surface area contributed by atoms with Gasteiger partial charge in [-0.05, 0) is 24.5 Å². The minimum atomic E-state index is -0.775. The minimum absolute atomic E-state index is 0.234. The Balaban J connectivity index is 1.69. The van der Waals surface area contributed by atoms with Crippen molar-refractivity contribution in [2.24, 2.45) is 5.92 Å². The number of hydrogen-bond acceptors (Lipinski definition) is 5. The van der Waals surface area contributed by atoms with Gasteiger partial charge in [-0.15, -0.1) is 0 Å². The molecule has 2 aliphatic heterocycles. The lowest BCUT2D eigenvalue weighted by Crippen LogP contribution is -2.39.